The Balaban J connectivity index is 2.66. The number of methoxy groups -OCH3 is 3. The highest BCUT2D eigenvalue weighted by molar-refractivity contribution is 6.34. The van der Waals surface area contributed by atoms with Crippen molar-refractivity contribution in [2.45, 2.75) is 0 Å². The second kappa shape index (κ2) is 5.92. The zero-order valence-electron chi connectivity index (χ0n) is 11.5. The highest BCUT2D eigenvalue weighted by Crippen LogP contribution is 2.47. The molecule has 0 fully saturated rings. The number of halogens is 1. The van der Waals surface area contributed by atoms with Gasteiger partial charge in [0.2, 0.25) is 0 Å². The maximum atomic E-state index is 10.9. The summed E-state index contributed by atoms with van der Waals surface area (Å²) in [6, 6.07) is 2.83. The van der Waals surface area contributed by atoms with Gasteiger partial charge >= 0.3 is 5.97 Å². The van der Waals surface area contributed by atoms with Crippen molar-refractivity contribution in [2.75, 3.05) is 21.3 Å². The van der Waals surface area contributed by atoms with Crippen molar-refractivity contribution >= 4 is 17.6 Å². The molecule has 0 spiro atoms. The highest BCUT2D eigenvalue weighted by atomic mass is 35.5. The number of hydrogen-bond acceptors (Lipinski definition) is 6. The minimum atomic E-state index is -1.20. The molecule has 0 amide bonds. The quantitative estimate of drug-likeness (QED) is 0.907. The molecule has 1 heterocycles. The van der Waals surface area contributed by atoms with Gasteiger partial charge in [0.05, 0.1) is 26.9 Å². The fourth-order valence-corrected chi connectivity index (χ4v) is 2.17. The predicted octanol–water partition coefficient (Wildman–Crippen LogP) is 2.72. The van der Waals surface area contributed by atoms with E-state index in [0.29, 0.717) is 17.1 Å². The molecule has 1 aromatic carbocycles. The summed E-state index contributed by atoms with van der Waals surface area (Å²) in [6.45, 7) is 0. The molecule has 8 heteroatoms. The van der Waals surface area contributed by atoms with E-state index in [4.69, 9.17) is 35.4 Å². The Morgan fingerprint density at radius 2 is 1.86 bits per heavy atom. The van der Waals surface area contributed by atoms with Gasteiger partial charge in [0, 0.05) is 6.07 Å². The Morgan fingerprint density at radius 1 is 1.19 bits per heavy atom. The van der Waals surface area contributed by atoms with Crippen LogP contribution in [0.5, 0.6) is 17.2 Å². The summed E-state index contributed by atoms with van der Waals surface area (Å²) in [5.41, 5.74) is 0.179. The smallest absolute Gasteiger partial charge is 0.358 e. The van der Waals surface area contributed by atoms with Crippen LogP contribution in [0.15, 0.2) is 16.7 Å². The molecular formula is C13H12ClNO6. The third kappa shape index (κ3) is 2.59. The van der Waals surface area contributed by atoms with E-state index in [0.717, 1.165) is 0 Å². The summed E-state index contributed by atoms with van der Waals surface area (Å²) < 4.78 is 20.6. The number of ether oxygens (including phenoxy) is 3. The van der Waals surface area contributed by atoms with Crippen molar-refractivity contribution in [1.82, 2.24) is 5.16 Å². The molecule has 21 heavy (non-hydrogen) atoms. The van der Waals surface area contributed by atoms with E-state index in [9.17, 15) is 4.79 Å². The van der Waals surface area contributed by atoms with Crippen LogP contribution < -0.4 is 14.2 Å². The summed E-state index contributed by atoms with van der Waals surface area (Å²) in [4.78, 5) is 10.9. The van der Waals surface area contributed by atoms with E-state index >= 15 is 0 Å². The lowest BCUT2D eigenvalue weighted by molar-refractivity contribution is 0.0686. The van der Waals surface area contributed by atoms with Crippen LogP contribution >= 0.6 is 11.6 Å². The molecule has 2 rings (SSSR count). The van der Waals surface area contributed by atoms with Gasteiger partial charge in [-0.1, -0.05) is 16.8 Å². The number of carboxylic acid groups (broad SMARTS) is 1. The number of aromatic nitrogens is 1. The molecule has 2 aromatic rings. The lowest BCUT2D eigenvalue weighted by atomic mass is 10.1. The van der Waals surface area contributed by atoms with Crippen molar-refractivity contribution in [3.05, 3.63) is 22.8 Å². The Hall–Kier alpha value is -2.41. The zero-order chi connectivity index (χ0) is 15.6. The van der Waals surface area contributed by atoms with E-state index in [1.807, 2.05) is 0 Å². The molecule has 1 N–H and O–H groups in total. The van der Waals surface area contributed by atoms with Gasteiger partial charge in [-0.25, -0.2) is 4.79 Å². The van der Waals surface area contributed by atoms with Gasteiger partial charge < -0.3 is 23.8 Å². The Kier molecular flexibility index (Phi) is 4.23. The topological polar surface area (TPSA) is 91.0 Å². The fraction of sp³-hybridized carbons (Fsp3) is 0.231. The number of benzene rings is 1. The van der Waals surface area contributed by atoms with Gasteiger partial charge in [-0.3, -0.25) is 0 Å². The molecule has 0 bridgehead atoms. The summed E-state index contributed by atoms with van der Waals surface area (Å²) in [5, 5.41) is 12.5. The van der Waals surface area contributed by atoms with Gasteiger partial charge in [0.25, 0.3) is 0 Å². The Morgan fingerprint density at radius 3 is 2.33 bits per heavy atom. The first-order valence-electron chi connectivity index (χ1n) is 5.72. The van der Waals surface area contributed by atoms with Crippen LogP contribution in [0.3, 0.4) is 0 Å². The van der Waals surface area contributed by atoms with E-state index in [1.165, 1.54) is 27.4 Å². The molecule has 0 radical (unpaired) electrons. The van der Waals surface area contributed by atoms with Crippen molar-refractivity contribution in [3.8, 4) is 28.6 Å². The third-order valence-corrected chi connectivity index (χ3v) is 3.11. The monoisotopic (exact) mass is 313 g/mol. The van der Waals surface area contributed by atoms with Crippen molar-refractivity contribution in [2.24, 2.45) is 0 Å². The number of carbonyl (C=O) groups is 1. The van der Waals surface area contributed by atoms with Crippen LogP contribution in [0.25, 0.3) is 11.3 Å². The lowest BCUT2D eigenvalue weighted by Gasteiger charge is -2.15. The normalized spacial score (nSPS) is 10.3. The molecule has 0 unspecified atom stereocenters. The van der Waals surface area contributed by atoms with Crippen LogP contribution in [0.1, 0.15) is 10.5 Å². The molecule has 112 valence electrons. The second-order valence-electron chi connectivity index (χ2n) is 3.89. The number of nitrogens with zero attached hydrogens (tertiary/aromatic N) is 1. The summed E-state index contributed by atoms with van der Waals surface area (Å²) in [6.07, 6.45) is 0. The summed E-state index contributed by atoms with van der Waals surface area (Å²) >= 11 is 6.21. The average molecular weight is 314 g/mol. The van der Waals surface area contributed by atoms with Crippen LogP contribution in [-0.4, -0.2) is 37.6 Å². The van der Waals surface area contributed by atoms with E-state index < -0.39 is 5.97 Å². The van der Waals surface area contributed by atoms with Crippen LogP contribution in [0, 0.1) is 0 Å². The molecule has 0 saturated carbocycles. The molecule has 0 aliphatic carbocycles. The highest BCUT2D eigenvalue weighted by Gasteiger charge is 2.23. The van der Waals surface area contributed by atoms with E-state index in [2.05, 4.69) is 5.16 Å². The van der Waals surface area contributed by atoms with Crippen molar-refractivity contribution < 1.29 is 28.6 Å². The molecule has 1 aromatic heterocycles. The van der Waals surface area contributed by atoms with Crippen LogP contribution in [0.2, 0.25) is 5.02 Å². The van der Waals surface area contributed by atoms with Gasteiger partial charge in [-0.05, 0) is 6.07 Å². The van der Waals surface area contributed by atoms with Crippen LogP contribution in [0.4, 0.5) is 0 Å². The largest absolute Gasteiger partial charge is 0.494 e. The van der Waals surface area contributed by atoms with Crippen molar-refractivity contribution in [3.63, 3.8) is 0 Å². The van der Waals surface area contributed by atoms with Gasteiger partial charge in [-0.15, -0.1) is 0 Å². The first-order chi connectivity index (χ1) is 10.0. The predicted molar refractivity (Wildman–Crippen MR) is 73.6 cm³/mol. The molecular weight excluding hydrogens is 302 g/mol. The minimum absolute atomic E-state index is 0.183. The molecule has 0 saturated heterocycles. The van der Waals surface area contributed by atoms with Crippen LogP contribution in [-0.2, 0) is 0 Å². The minimum Gasteiger partial charge on any atom is -0.494 e. The number of carboxylic acids is 1. The standard InChI is InChI=1S/C13H12ClNO6/c1-18-9-4-6(8-5-7(13(16)17)15-21-8)11(19-2)10(14)12(9)20-3/h4-5H,1-3H3,(H,16,17). The molecule has 7 nitrogen and oxygen atoms in total. The first kappa shape index (κ1) is 15.0. The SMILES string of the molecule is COc1cc(-c2cc(C(=O)O)no2)c(OC)c(Cl)c1OC. The third-order valence-electron chi connectivity index (χ3n) is 2.77. The number of hydrogen-bond donors (Lipinski definition) is 1. The van der Waals surface area contributed by atoms with E-state index in [-0.39, 0.29) is 22.2 Å². The second-order valence-corrected chi connectivity index (χ2v) is 4.27. The summed E-state index contributed by atoms with van der Waals surface area (Å²) in [5.74, 6) is -0.0886. The van der Waals surface area contributed by atoms with Gasteiger partial charge in [0.1, 0.15) is 5.02 Å². The average Bonchev–Trinajstić information content (AvgIpc) is 2.96. The number of aromatic carboxylic acids is 1. The van der Waals surface area contributed by atoms with Gasteiger partial charge in [0.15, 0.2) is 28.7 Å². The van der Waals surface area contributed by atoms with Crippen molar-refractivity contribution in [1.29, 1.82) is 0 Å². The lowest BCUT2D eigenvalue weighted by Crippen LogP contribution is -1.96. The van der Waals surface area contributed by atoms with E-state index in [1.54, 1.807) is 6.07 Å². The molecule has 0 aliphatic rings. The Bertz CT molecular complexity index is 682. The molecule has 0 atom stereocenters. The maximum absolute atomic E-state index is 10.9. The summed E-state index contributed by atoms with van der Waals surface area (Å²) in [7, 11) is 4.32. The zero-order valence-corrected chi connectivity index (χ0v) is 12.2. The number of rotatable bonds is 5. The Labute approximate surface area is 125 Å². The first-order valence-corrected chi connectivity index (χ1v) is 6.10. The molecule has 0 aliphatic heterocycles. The fourth-order valence-electron chi connectivity index (χ4n) is 1.82. The van der Waals surface area contributed by atoms with Gasteiger partial charge in [-0.2, -0.15) is 0 Å². The maximum Gasteiger partial charge on any atom is 0.358 e.